The van der Waals surface area contributed by atoms with Crippen molar-refractivity contribution in [2.45, 2.75) is 12.8 Å². The topological polar surface area (TPSA) is 67.8 Å². The molecule has 0 aromatic rings. The molecule has 0 unspecified atom stereocenters. The van der Waals surface area contributed by atoms with Crippen LogP contribution in [0, 0.1) is 5.41 Å². The van der Waals surface area contributed by atoms with E-state index in [0.717, 1.165) is 13.1 Å². The predicted octanol–water partition coefficient (Wildman–Crippen LogP) is 0.104. The lowest BCUT2D eigenvalue weighted by Gasteiger charge is -2.33. The van der Waals surface area contributed by atoms with Crippen LogP contribution in [0.2, 0.25) is 0 Å². The van der Waals surface area contributed by atoms with Gasteiger partial charge in [-0.3, -0.25) is 4.79 Å². The van der Waals surface area contributed by atoms with Gasteiger partial charge in [0.25, 0.3) is 0 Å². The molecule has 0 bridgehead atoms. The summed E-state index contributed by atoms with van der Waals surface area (Å²) < 4.78 is 10.2. The van der Waals surface area contributed by atoms with Crippen LogP contribution in [0.4, 0.5) is 0 Å². The van der Waals surface area contributed by atoms with Gasteiger partial charge in [-0.15, -0.1) is 0 Å². The summed E-state index contributed by atoms with van der Waals surface area (Å²) in [7, 11) is 1.60. The summed E-state index contributed by atoms with van der Waals surface area (Å²) in [4.78, 5) is 11.2. The molecule has 5 nitrogen and oxygen atoms in total. The molecule has 1 aliphatic rings. The number of carboxylic acid groups (broad SMARTS) is 1. The van der Waals surface area contributed by atoms with Gasteiger partial charge in [-0.2, -0.15) is 0 Å². The Balaban J connectivity index is 2.39. The van der Waals surface area contributed by atoms with E-state index >= 15 is 0 Å². The number of nitrogens with one attached hydrogen (secondary N) is 1. The molecule has 0 saturated carbocycles. The predicted molar refractivity (Wildman–Crippen MR) is 54.9 cm³/mol. The van der Waals surface area contributed by atoms with E-state index in [2.05, 4.69) is 5.32 Å². The Labute approximate surface area is 89.8 Å². The van der Waals surface area contributed by atoms with Crippen molar-refractivity contribution in [2.75, 3.05) is 40.0 Å². The number of hydrogen-bond donors (Lipinski definition) is 2. The molecule has 1 aliphatic heterocycles. The van der Waals surface area contributed by atoms with Crippen LogP contribution in [0.5, 0.6) is 0 Å². The van der Waals surface area contributed by atoms with Crippen LogP contribution in [0.15, 0.2) is 0 Å². The van der Waals surface area contributed by atoms with Gasteiger partial charge in [-0.1, -0.05) is 0 Å². The molecule has 1 saturated heterocycles. The zero-order valence-corrected chi connectivity index (χ0v) is 9.12. The molecule has 0 aliphatic carbocycles. The average molecular weight is 217 g/mol. The Bertz CT molecular complexity index is 202. The van der Waals surface area contributed by atoms with E-state index in [0.29, 0.717) is 26.1 Å². The van der Waals surface area contributed by atoms with E-state index in [1.54, 1.807) is 7.11 Å². The molecule has 2 N–H and O–H groups in total. The standard InChI is InChI=1S/C10H19NO4/c1-14-6-7-15-8-10(9(12)13)2-4-11-5-3-10/h11H,2-8H2,1H3,(H,12,13). The number of carbonyl (C=O) groups is 1. The molecule has 1 rings (SSSR count). The largest absolute Gasteiger partial charge is 0.481 e. The van der Waals surface area contributed by atoms with Gasteiger partial charge in [0.15, 0.2) is 0 Å². The van der Waals surface area contributed by atoms with Crippen LogP contribution in [0.1, 0.15) is 12.8 Å². The summed E-state index contributed by atoms with van der Waals surface area (Å²) >= 11 is 0. The van der Waals surface area contributed by atoms with Crippen LogP contribution in [0.25, 0.3) is 0 Å². The van der Waals surface area contributed by atoms with Crippen LogP contribution < -0.4 is 5.32 Å². The van der Waals surface area contributed by atoms with E-state index in [9.17, 15) is 9.90 Å². The minimum absolute atomic E-state index is 0.285. The van der Waals surface area contributed by atoms with Crippen molar-refractivity contribution in [2.24, 2.45) is 5.41 Å². The molecule has 0 aromatic carbocycles. The van der Waals surface area contributed by atoms with Gasteiger partial charge < -0.3 is 19.9 Å². The first-order chi connectivity index (χ1) is 7.21. The Morgan fingerprint density at radius 1 is 1.40 bits per heavy atom. The first kappa shape index (κ1) is 12.4. The maximum atomic E-state index is 11.2. The SMILES string of the molecule is COCCOCC1(C(=O)O)CCNCC1. The minimum atomic E-state index is -0.749. The molecular weight excluding hydrogens is 198 g/mol. The highest BCUT2D eigenvalue weighted by Crippen LogP contribution is 2.29. The van der Waals surface area contributed by atoms with Gasteiger partial charge in [0, 0.05) is 7.11 Å². The molecule has 5 heteroatoms. The fourth-order valence-corrected chi connectivity index (χ4v) is 1.74. The number of hydrogen-bond acceptors (Lipinski definition) is 4. The second-order valence-corrected chi connectivity index (χ2v) is 3.88. The molecule has 1 heterocycles. The normalized spacial score (nSPS) is 20.1. The monoisotopic (exact) mass is 217 g/mol. The maximum Gasteiger partial charge on any atom is 0.312 e. The van der Waals surface area contributed by atoms with E-state index in [1.165, 1.54) is 0 Å². The van der Waals surface area contributed by atoms with E-state index < -0.39 is 11.4 Å². The van der Waals surface area contributed by atoms with Crippen molar-refractivity contribution in [3.8, 4) is 0 Å². The number of carboxylic acids is 1. The van der Waals surface area contributed by atoms with E-state index in [4.69, 9.17) is 9.47 Å². The maximum absolute atomic E-state index is 11.2. The molecule has 0 radical (unpaired) electrons. The van der Waals surface area contributed by atoms with Crippen molar-refractivity contribution in [3.05, 3.63) is 0 Å². The first-order valence-corrected chi connectivity index (χ1v) is 5.22. The van der Waals surface area contributed by atoms with Crippen molar-refractivity contribution >= 4 is 5.97 Å². The first-order valence-electron chi connectivity index (χ1n) is 5.22. The summed E-state index contributed by atoms with van der Waals surface area (Å²) in [6.45, 7) is 2.75. The molecule has 0 atom stereocenters. The van der Waals surface area contributed by atoms with Gasteiger partial charge in [0.2, 0.25) is 0 Å². The number of ether oxygens (including phenoxy) is 2. The second kappa shape index (κ2) is 6.05. The van der Waals surface area contributed by atoms with Crippen molar-refractivity contribution in [1.29, 1.82) is 0 Å². The minimum Gasteiger partial charge on any atom is -0.481 e. The smallest absolute Gasteiger partial charge is 0.312 e. The molecule has 88 valence electrons. The highest BCUT2D eigenvalue weighted by Gasteiger charge is 2.39. The highest BCUT2D eigenvalue weighted by atomic mass is 16.5. The third kappa shape index (κ3) is 3.44. The van der Waals surface area contributed by atoms with Crippen LogP contribution in [0.3, 0.4) is 0 Å². The lowest BCUT2D eigenvalue weighted by molar-refractivity contribution is -0.155. The number of rotatable bonds is 6. The highest BCUT2D eigenvalue weighted by molar-refractivity contribution is 5.75. The zero-order chi connectivity index (χ0) is 11.1. The summed E-state index contributed by atoms with van der Waals surface area (Å²) in [6, 6.07) is 0. The van der Waals surface area contributed by atoms with Crippen LogP contribution in [-0.2, 0) is 14.3 Å². The third-order valence-electron chi connectivity index (χ3n) is 2.82. The average Bonchev–Trinajstić information content (AvgIpc) is 2.26. The fourth-order valence-electron chi connectivity index (χ4n) is 1.74. The van der Waals surface area contributed by atoms with Crippen molar-refractivity contribution in [3.63, 3.8) is 0 Å². The number of methoxy groups -OCH3 is 1. The number of aliphatic carboxylic acids is 1. The fraction of sp³-hybridized carbons (Fsp3) is 0.900. The molecule has 15 heavy (non-hydrogen) atoms. The summed E-state index contributed by atoms with van der Waals surface area (Å²) in [5.74, 6) is -0.749. The molecule has 0 spiro atoms. The molecule has 1 fully saturated rings. The quantitative estimate of drug-likeness (QED) is 0.618. The Hall–Kier alpha value is -0.650. The van der Waals surface area contributed by atoms with E-state index in [1.807, 2.05) is 0 Å². The lowest BCUT2D eigenvalue weighted by atomic mass is 9.80. The van der Waals surface area contributed by atoms with E-state index in [-0.39, 0.29) is 6.61 Å². The zero-order valence-electron chi connectivity index (χ0n) is 9.12. The summed E-state index contributed by atoms with van der Waals surface area (Å²) in [5, 5.41) is 12.4. The third-order valence-corrected chi connectivity index (χ3v) is 2.82. The second-order valence-electron chi connectivity index (χ2n) is 3.88. The van der Waals surface area contributed by atoms with Gasteiger partial charge in [0.05, 0.1) is 25.2 Å². The van der Waals surface area contributed by atoms with Crippen LogP contribution >= 0.6 is 0 Å². The molecular formula is C10H19NO4. The van der Waals surface area contributed by atoms with Crippen molar-refractivity contribution < 1.29 is 19.4 Å². The molecule has 0 amide bonds. The van der Waals surface area contributed by atoms with Crippen molar-refractivity contribution in [1.82, 2.24) is 5.32 Å². The summed E-state index contributed by atoms with van der Waals surface area (Å²) in [6.07, 6.45) is 1.27. The van der Waals surface area contributed by atoms with Crippen LogP contribution in [-0.4, -0.2) is 51.1 Å². The Morgan fingerprint density at radius 3 is 2.60 bits per heavy atom. The Kier molecular flexibility index (Phi) is 5.01. The van der Waals surface area contributed by atoms with Gasteiger partial charge in [-0.05, 0) is 25.9 Å². The summed E-state index contributed by atoms with van der Waals surface area (Å²) in [5.41, 5.74) is -0.695. The number of piperidine rings is 1. The van der Waals surface area contributed by atoms with Gasteiger partial charge in [-0.25, -0.2) is 0 Å². The lowest BCUT2D eigenvalue weighted by Crippen LogP contribution is -2.45. The van der Waals surface area contributed by atoms with Gasteiger partial charge in [0.1, 0.15) is 0 Å². The Morgan fingerprint density at radius 2 is 2.07 bits per heavy atom. The van der Waals surface area contributed by atoms with Gasteiger partial charge >= 0.3 is 5.97 Å². The molecule has 0 aromatic heterocycles.